The Morgan fingerprint density at radius 3 is 2.94 bits per heavy atom. The van der Waals surface area contributed by atoms with Crippen LogP contribution < -0.4 is 5.73 Å². The van der Waals surface area contributed by atoms with Gasteiger partial charge in [0.1, 0.15) is 0 Å². The summed E-state index contributed by atoms with van der Waals surface area (Å²) in [5.74, 6) is 0. The maximum absolute atomic E-state index is 5.72. The molecule has 0 aromatic carbocycles. The number of thiazole rings is 1. The van der Waals surface area contributed by atoms with Crippen LogP contribution in [0.25, 0.3) is 0 Å². The summed E-state index contributed by atoms with van der Waals surface area (Å²) in [5.41, 5.74) is 9.54. The van der Waals surface area contributed by atoms with Gasteiger partial charge in [0.05, 0.1) is 23.1 Å². The number of rotatable bonds is 4. The molecule has 0 aliphatic carbocycles. The summed E-state index contributed by atoms with van der Waals surface area (Å²) in [7, 11) is 0. The topological polar surface area (TPSA) is 69.6 Å². The van der Waals surface area contributed by atoms with Crippen molar-refractivity contribution in [1.82, 2.24) is 20.0 Å². The molecule has 0 spiro atoms. The van der Waals surface area contributed by atoms with E-state index in [2.05, 4.69) is 15.3 Å². The van der Waals surface area contributed by atoms with Crippen LogP contribution in [0.3, 0.4) is 0 Å². The van der Waals surface area contributed by atoms with Gasteiger partial charge in [-0.15, -0.1) is 16.4 Å². The molecule has 0 saturated carbocycles. The standard InChI is InChI=1S/C10H15N5S/c1-7(11)9-5-15(14-13-9)4-3-10-8(2)12-6-16-10/h5-7H,3-4,11H2,1-2H3. The zero-order valence-electron chi connectivity index (χ0n) is 9.42. The maximum Gasteiger partial charge on any atom is 0.0991 e. The number of hydrogen-bond donors (Lipinski definition) is 1. The number of nitrogens with zero attached hydrogens (tertiary/aromatic N) is 4. The molecular formula is C10H15N5S. The van der Waals surface area contributed by atoms with E-state index in [1.54, 1.807) is 11.3 Å². The summed E-state index contributed by atoms with van der Waals surface area (Å²) in [6.07, 6.45) is 2.85. The Bertz CT molecular complexity index is 459. The molecule has 0 radical (unpaired) electrons. The van der Waals surface area contributed by atoms with Gasteiger partial charge in [-0.1, -0.05) is 5.21 Å². The Labute approximate surface area is 98.3 Å². The summed E-state index contributed by atoms with van der Waals surface area (Å²) in [4.78, 5) is 5.52. The van der Waals surface area contributed by atoms with Crippen molar-refractivity contribution in [2.45, 2.75) is 32.9 Å². The molecule has 5 nitrogen and oxygen atoms in total. The summed E-state index contributed by atoms with van der Waals surface area (Å²) < 4.78 is 1.83. The maximum atomic E-state index is 5.72. The lowest BCUT2D eigenvalue weighted by atomic mass is 10.3. The quantitative estimate of drug-likeness (QED) is 0.870. The Morgan fingerprint density at radius 2 is 2.38 bits per heavy atom. The van der Waals surface area contributed by atoms with Crippen LogP contribution in [0.5, 0.6) is 0 Å². The molecule has 16 heavy (non-hydrogen) atoms. The lowest BCUT2D eigenvalue weighted by Gasteiger charge is -1.99. The highest BCUT2D eigenvalue weighted by Gasteiger charge is 2.06. The van der Waals surface area contributed by atoms with Crippen LogP contribution in [0.1, 0.15) is 29.2 Å². The van der Waals surface area contributed by atoms with Gasteiger partial charge in [0.25, 0.3) is 0 Å². The molecule has 0 amide bonds. The minimum absolute atomic E-state index is 0.0566. The van der Waals surface area contributed by atoms with Crippen LogP contribution in [0.15, 0.2) is 11.7 Å². The van der Waals surface area contributed by atoms with E-state index in [0.29, 0.717) is 0 Å². The fraction of sp³-hybridized carbons (Fsp3) is 0.500. The monoisotopic (exact) mass is 237 g/mol. The molecule has 2 aromatic rings. The molecule has 0 bridgehead atoms. The predicted molar refractivity (Wildman–Crippen MR) is 63.2 cm³/mol. The average molecular weight is 237 g/mol. The molecule has 2 N–H and O–H groups in total. The van der Waals surface area contributed by atoms with Gasteiger partial charge in [0.15, 0.2) is 0 Å². The zero-order valence-corrected chi connectivity index (χ0v) is 10.2. The second-order valence-electron chi connectivity index (χ2n) is 3.81. The minimum atomic E-state index is -0.0566. The van der Waals surface area contributed by atoms with Gasteiger partial charge in [-0.25, -0.2) is 4.98 Å². The number of aromatic nitrogens is 4. The Morgan fingerprint density at radius 1 is 1.56 bits per heavy atom. The second-order valence-corrected chi connectivity index (χ2v) is 4.75. The fourth-order valence-corrected chi connectivity index (χ4v) is 2.18. The van der Waals surface area contributed by atoms with Crippen molar-refractivity contribution >= 4 is 11.3 Å². The summed E-state index contributed by atoms with van der Waals surface area (Å²) in [5, 5.41) is 8.05. The lowest BCUT2D eigenvalue weighted by molar-refractivity contribution is 0.590. The molecule has 0 saturated heterocycles. The van der Waals surface area contributed by atoms with E-state index in [1.807, 2.05) is 30.2 Å². The molecule has 6 heteroatoms. The van der Waals surface area contributed by atoms with Crippen LogP contribution in [-0.4, -0.2) is 20.0 Å². The fourth-order valence-electron chi connectivity index (χ4n) is 1.41. The van der Waals surface area contributed by atoms with Gasteiger partial charge >= 0.3 is 0 Å². The van der Waals surface area contributed by atoms with E-state index in [-0.39, 0.29) is 6.04 Å². The first-order chi connectivity index (χ1) is 7.66. The third-order valence-corrected chi connectivity index (χ3v) is 3.43. The minimum Gasteiger partial charge on any atom is -0.323 e. The second kappa shape index (κ2) is 4.71. The normalized spacial score (nSPS) is 12.9. The number of nitrogens with two attached hydrogens (primary N) is 1. The van der Waals surface area contributed by atoms with Crippen LogP contribution in [0.2, 0.25) is 0 Å². The van der Waals surface area contributed by atoms with Crippen LogP contribution in [0, 0.1) is 6.92 Å². The molecule has 0 aliphatic heterocycles. The summed E-state index contributed by atoms with van der Waals surface area (Å²) in [6.45, 7) is 4.75. The van der Waals surface area contributed by atoms with Crippen molar-refractivity contribution in [3.05, 3.63) is 28.0 Å². The molecule has 0 aliphatic rings. The van der Waals surface area contributed by atoms with E-state index in [0.717, 1.165) is 24.4 Å². The molecule has 1 atom stereocenters. The van der Waals surface area contributed by atoms with Crippen molar-refractivity contribution in [1.29, 1.82) is 0 Å². The third-order valence-electron chi connectivity index (χ3n) is 2.44. The van der Waals surface area contributed by atoms with Gasteiger partial charge in [-0.2, -0.15) is 0 Å². The zero-order chi connectivity index (χ0) is 11.5. The Kier molecular flexibility index (Phi) is 3.31. The largest absolute Gasteiger partial charge is 0.323 e. The highest BCUT2D eigenvalue weighted by atomic mass is 32.1. The third kappa shape index (κ3) is 2.45. The molecule has 1 unspecified atom stereocenters. The molecule has 2 rings (SSSR count). The van der Waals surface area contributed by atoms with E-state index in [4.69, 9.17) is 5.73 Å². The first-order valence-corrected chi connectivity index (χ1v) is 6.09. The number of aryl methyl sites for hydroxylation is 3. The van der Waals surface area contributed by atoms with Crippen molar-refractivity contribution in [2.24, 2.45) is 5.73 Å². The van der Waals surface area contributed by atoms with Crippen molar-refractivity contribution in [2.75, 3.05) is 0 Å². The van der Waals surface area contributed by atoms with Gasteiger partial charge in [0, 0.05) is 23.9 Å². The SMILES string of the molecule is Cc1ncsc1CCn1cc(C(C)N)nn1. The van der Waals surface area contributed by atoms with E-state index < -0.39 is 0 Å². The highest BCUT2D eigenvalue weighted by molar-refractivity contribution is 7.09. The van der Waals surface area contributed by atoms with Gasteiger partial charge < -0.3 is 5.73 Å². The average Bonchev–Trinajstić information content (AvgIpc) is 2.83. The molecule has 0 fully saturated rings. The van der Waals surface area contributed by atoms with Crippen LogP contribution >= 0.6 is 11.3 Å². The van der Waals surface area contributed by atoms with E-state index >= 15 is 0 Å². The predicted octanol–water partition coefficient (Wildman–Crippen LogP) is 1.31. The Hall–Kier alpha value is -1.27. The summed E-state index contributed by atoms with van der Waals surface area (Å²) >= 11 is 1.68. The van der Waals surface area contributed by atoms with Crippen LogP contribution in [-0.2, 0) is 13.0 Å². The van der Waals surface area contributed by atoms with Crippen molar-refractivity contribution in [3.63, 3.8) is 0 Å². The number of hydrogen-bond acceptors (Lipinski definition) is 5. The molecule has 2 aromatic heterocycles. The first-order valence-electron chi connectivity index (χ1n) is 5.21. The van der Waals surface area contributed by atoms with Gasteiger partial charge in [-0.05, 0) is 13.8 Å². The highest BCUT2D eigenvalue weighted by Crippen LogP contribution is 2.13. The van der Waals surface area contributed by atoms with Gasteiger partial charge in [-0.3, -0.25) is 4.68 Å². The molecule has 2 heterocycles. The summed E-state index contributed by atoms with van der Waals surface area (Å²) in [6, 6.07) is -0.0566. The first kappa shape index (κ1) is 11.2. The lowest BCUT2D eigenvalue weighted by Crippen LogP contribution is -2.05. The Balaban J connectivity index is 1.97. The van der Waals surface area contributed by atoms with E-state index in [1.165, 1.54) is 4.88 Å². The van der Waals surface area contributed by atoms with Crippen molar-refractivity contribution < 1.29 is 0 Å². The van der Waals surface area contributed by atoms with E-state index in [9.17, 15) is 0 Å². The van der Waals surface area contributed by atoms with Crippen LogP contribution in [0.4, 0.5) is 0 Å². The molecular weight excluding hydrogens is 222 g/mol. The van der Waals surface area contributed by atoms with Crippen molar-refractivity contribution in [3.8, 4) is 0 Å². The smallest absolute Gasteiger partial charge is 0.0991 e. The van der Waals surface area contributed by atoms with Gasteiger partial charge in [0.2, 0.25) is 0 Å². The molecule has 86 valence electrons.